The first-order valence-electron chi connectivity index (χ1n) is 6.51. The summed E-state index contributed by atoms with van der Waals surface area (Å²) in [6.45, 7) is -0.656. The van der Waals surface area contributed by atoms with E-state index in [0.717, 1.165) is 0 Å². The Morgan fingerprint density at radius 1 is 0.900 bits per heavy atom. The van der Waals surface area contributed by atoms with Gasteiger partial charge in [0.05, 0.1) is 32.5 Å². The molecule has 8 heteroatoms. The van der Waals surface area contributed by atoms with Gasteiger partial charge < -0.3 is 40.5 Å². The Kier molecular flexibility index (Phi) is 6.29. The molecule has 0 aromatic rings. The largest absolute Gasteiger partial charge is 0.396 e. The molecule has 2 unspecified atom stereocenters. The van der Waals surface area contributed by atoms with Crippen LogP contribution in [0.25, 0.3) is 0 Å². The van der Waals surface area contributed by atoms with Crippen molar-refractivity contribution in [1.29, 1.82) is 0 Å². The first-order valence-corrected chi connectivity index (χ1v) is 6.51. The fourth-order valence-electron chi connectivity index (χ4n) is 2.47. The highest BCUT2D eigenvalue weighted by molar-refractivity contribution is 4.98. The SMILES string of the molecule is CC(C1O[C@H](CO)[C@H](O)[C@H](O)[C@H]1O)C(CO)(CO)CO. The molecule has 1 rings (SSSR count). The standard InChI is InChI=1S/C12H24O8/c1-6(12(3-14,4-15)5-16)11-10(19)9(18)8(17)7(2-13)20-11/h6-11,13-19H,2-5H2,1H3/t6?,7-,8+,9+,10-,11?/m1/s1. The summed E-state index contributed by atoms with van der Waals surface area (Å²) in [6.07, 6.45) is -6.58. The molecule has 0 aromatic carbocycles. The molecule has 0 saturated carbocycles. The quantitative estimate of drug-likeness (QED) is 0.266. The molecule has 6 atom stereocenters. The Balaban J connectivity index is 2.98. The molecule has 20 heavy (non-hydrogen) atoms. The van der Waals surface area contributed by atoms with E-state index >= 15 is 0 Å². The molecule has 7 N–H and O–H groups in total. The Morgan fingerprint density at radius 2 is 1.40 bits per heavy atom. The van der Waals surface area contributed by atoms with Crippen molar-refractivity contribution < 1.29 is 40.5 Å². The number of hydrogen-bond donors (Lipinski definition) is 7. The summed E-state index contributed by atoms with van der Waals surface area (Å²) >= 11 is 0. The second-order valence-corrected chi connectivity index (χ2v) is 5.42. The Bertz CT molecular complexity index is 285. The van der Waals surface area contributed by atoms with E-state index in [0.29, 0.717) is 0 Å². The van der Waals surface area contributed by atoms with Gasteiger partial charge in [0.15, 0.2) is 0 Å². The van der Waals surface area contributed by atoms with Crippen molar-refractivity contribution >= 4 is 0 Å². The summed E-state index contributed by atoms with van der Waals surface area (Å²) in [4.78, 5) is 0. The molecule has 0 bridgehead atoms. The summed E-state index contributed by atoms with van der Waals surface area (Å²) in [7, 11) is 0. The summed E-state index contributed by atoms with van der Waals surface area (Å²) in [5.41, 5.74) is -1.31. The van der Waals surface area contributed by atoms with Gasteiger partial charge in [-0.1, -0.05) is 6.92 Å². The van der Waals surface area contributed by atoms with Gasteiger partial charge in [-0.3, -0.25) is 0 Å². The van der Waals surface area contributed by atoms with Crippen LogP contribution < -0.4 is 0 Å². The van der Waals surface area contributed by atoms with Crippen LogP contribution >= 0.6 is 0 Å². The summed E-state index contributed by atoms with van der Waals surface area (Å²) in [5, 5.41) is 66.7. The maximum atomic E-state index is 9.98. The fourth-order valence-corrected chi connectivity index (χ4v) is 2.47. The lowest BCUT2D eigenvalue weighted by Gasteiger charge is -2.47. The minimum Gasteiger partial charge on any atom is -0.396 e. The molecule has 0 radical (unpaired) electrons. The first-order chi connectivity index (χ1) is 9.38. The van der Waals surface area contributed by atoms with E-state index in [9.17, 15) is 30.6 Å². The van der Waals surface area contributed by atoms with Crippen LogP contribution in [0.15, 0.2) is 0 Å². The molecule has 8 nitrogen and oxygen atoms in total. The maximum absolute atomic E-state index is 9.98. The zero-order chi connectivity index (χ0) is 15.5. The topological polar surface area (TPSA) is 151 Å². The summed E-state index contributed by atoms with van der Waals surface area (Å²) in [5.74, 6) is -0.728. The normalized spacial score (nSPS) is 36.9. The van der Waals surface area contributed by atoms with E-state index < -0.39 is 68.3 Å². The molecule has 0 spiro atoms. The van der Waals surface area contributed by atoms with Crippen LogP contribution in [0.3, 0.4) is 0 Å². The molecule has 1 heterocycles. The van der Waals surface area contributed by atoms with Crippen molar-refractivity contribution in [2.45, 2.75) is 37.4 Å². The van der Waals surface area contributed by atoms with Crippen molar-refractivity contribution in [3.8, 4) is 0 Å². The van der Waals surface area contributed by atoms with E-state index in [2.05, 4.69) is 0 Å². The lowest BCUT2D eigenvalue weighted by Crippen LogP contribution is -2.62. The van der Waals surface area contributed by atoms with Crippen LogP contribution in [0.5, 0.6) is 0 Å². The van der Waals surface area contributed by atoms with E-state index in [-0.39, 0.29) is 0 Å². The second-order valence-electron chi connectivity index (χ2n) is 5.42. The van der Waals surface area contributed by atoms with Crippen molar-refractivity contribution in [2.75, 3.05) is 26.4 Å². The van der Waals surface area contributed by atoms with Crippen molar-refractivity contribution in [3.05, 3.63) is 0 Å². The predicted octanol–water partition coefficient (Wildman–Crippen LogP) is -3.57. The summed E-state index contributed by atoms with van der Waals surface area (Å²) < 4.78 is 5.36. The van der Waals surface area contributed by atoms with Gasteiger partial charge in [-0.2, -0.15) is 0 Å². The van der Waals surface area contributed by atoms with Crippen LogP contribution in [-0.4, -0.2) is 92.7 Å². The number of hydrogen-bond acceptors (Lipinski definition) is 8. The molecule has 1 aliphatic rings. The van der Waals surface area contributed by atoms with Crippen molar-refractivity contribution in [2.24, 2.45) is 11.3 Å². The molecule has 1 aliphatic heterocycles. The van der Waals surface area contributed by atoms with Gasteiger partial charge in [-0.25, -0.2) is 0 Å². The lowest BCUT2D eigenvalue weighted by atomic mass is 9.72. The average molecular weight is 296 g/mol. The van der Waals surface area contributed by atoms with Gasteiger partial charge in [-0.15, -0.1) is 0 Å². The van der Waals surface area contributed by atoms with E-state index in [1.165, 1.54) is 6.92 Å². The van der Waals surface area contributed by atoms with Crippen molar-refractivity contribution in [1.82, 2.24) is 0 Å². The van der Waals surface area contributed by atoms with E-state index in [1.54, 1.807) is 0 Å². The zero-order valence-electron chi connectivity index (χ0n) is 11.3. The molecule has 0 aromatic heterocycles. The van der Waals surface area contributed by atoms with Gasteiger partial charge in [0, 0.05) is 5.41 Å². The molecule has 120 valence electrons. The number of aliphatic hydroxyl groups is 7. The molecule has 1 saturated heterocycles. The van der Waals surface area contributed by atoms with Crippen molar-refractivity contribution in [3.63, 3.8) is 0 Å². The zero-order valence-corrected chi connectivity index (χ0v) is 11.3. The smallest absolute Gasteiger partial charge is 0.111 e. The third kappa shape index (κ3) is 2.97. The van der Waals surface area contributed by atoms with Crippen LogP contribution in [0.4, 0.5) is 0 Å². The van der Waals surface area contributed by atoms with Gasteiger partial charge in [0.1, 0.15) is 24.4 Å². The monoisotopic (exact) mass is 296 g/mol. The number of aliphatic hydroxyl groups excluding tert-OH is 7. The molecule has 0 aliphatic carbocycles. The summed E-state index contributed by atoms with van der Waals surface area (Å²) in [6, 6.07) is 0. The Morgan fingerprint density at radius 3 is 1.80 bits per heavy atom. The van der Waals surface area contributed by atoms with Crippen LogP contribution in [0.1, 0.15) is 6.92 Å². The first kappa shape index (κ1) is 17.7. The Hall–Kier alpha value is -0.320. The molecule has 1 fully saturated rings. The fraction of sp³-hybridized carbons (Fsp3) is 1.00. The highest BCUT2D eigenvalue weighted by atomic mass is 16.5. The van der Waals surface area contributed by atoms with E-state index in [4.69, 9.17) is 9.84 Å². The van der Waals surface area contributed by atoms with Crippen LogP contribution in [-0.2, 0) is 4.74 Å². The maximum Gasteiger partial charge on any atom is 0.111 e. The minimum atomic E-state index is -1.53. The van der Waals surface area contributed by atoms with E-state index in [1.807, 2.05) is 0 Å². The molecule has 0 amide bonds. The molecular weight excluding hydrogens is 272 g/mol. The average Bonchev–Trinajstić information content (AvgIpc) is 2.47. The lowest BCUT2D eigenvalue weighted by molar-refractivity contribution is -0.254. The van der Waals surface area contributed by atoms with Crippen LogP contribution in [0, 0.1) is 11.3 Å². The highest BCUT2D eigenvalue weighted by Crippen LogP contribution is 2.36. The van der Waals surface area contributed by atoms with Gasteiger partial charge in [0.25, 0.3) is 0 Å². The predicted molar refractivity (Wildman–Crippen MR) is 66.6 cm³/mol. The van der Waals surface area contributed by atoms with Gasteiger partial charge >= 0.3 is 0 Å². The number of rotatable bonds is 6. The number of ether oxygens (including phenoxy) is 1. The molecular formula is C12H24O8. The third-order valence-electron chi connectivity index (χ3n) is 4.33. The third-order valence-corrected chi connectivity index (χ3v) is 4.33. The van der Waals surface area contributed by atoms with Crippen LogP contribution in [0.2, 0.25) is 0 Å². The minimum absolute atomic E-state index is 0.545. The Labute approximate surface area is 116 Å². The van der Waals surface area contributed by atoms with Gasteiger partial charge in [-0.05, 0) is 5.92 Å². The second kappa shape index (κ2) is 7.10. The highest BCUT2D eigenvalue weighted by Gasteiger charge is 2.50. The van der Waals surface area contributed by atoms with Gasteiger partial charge in [0.2, 0.25) is 0 Å².